The van der Waals surface area contributed by atoms with Gasteiger partial charge in [-0.3, -0.25) is 4.79 Å². The predicted octanol–water partition coefficient (Wildman–Crippen LogP) is 3.79. The van der Waals surface area contributed by atoms with E-state index in [1.165, 1.54) is 0 Å². The molecule has 0 aromatic heterocycles. The standard InChI is InChI=1S/C18H20O3/c1-3-21-18(20-2)16-11-9-15(10-12-16)17(19)13-14-7-5-4-6-8-14/h4-12,18H,3,13H2,1-2H3. The van der Waals surface area contributed by atoms with Gasteiger partial charge in [-0.2, -0.15) is 0 Å². The van der Waals surface area contributed by atoms with Crippen molar-refractivity contribution in [1.82, 2.24) is 0 Å². The van der Waals surface area contributed by atoms with Gasteiger partial charge in [0, 0.05) is 31.3 Å². The van der Waals surface area contributed by atoms with Gasteiger partial charge in [0.1, 0.15) is 0 Å². The molecule has 0 bridgehead atoms. The SMILES string of the molecule is CCOC(OC)c1ccc(C(=O)Cc2ccccc2)cc1. The second-order valence-corrected chi connectivity index (χ2v) is 4.73. The average Bonchev–Trinajstić information content (AvgIpc) is 2.54. The highest BCUT2D eigenvalue weighted by atomic mass is 16.7. The van der Waals surface area contributed by atoms with E-state index in [0.717, 1.165) is 11.1 Å². The molecule has 1 unspecified atom stereocenters. The van der Waals surface area contributed by atoms with Gasteiger partial charge in [-0.25, -0.2) is 0 Å². The van der Waals surface area contributed by atoms with E-state index in [9.17, 15) is 4.79 Å². The first-order valence-corrected chi connectivity index (χ1v) is 7.06. The van der Waals surface area contributed by atoms with Crippen LogP contribution in [0.3, 0.4) is 0 Å². The number of ether oxygens (including phenoxy) is 2. The van der Waals surface area contributed by atoms with Gasteiger partial charge >= 0.3 is 0 Å². The maximum atomic E-state index is 12.2. The summed E-state index contributed by atoms with van der Waals surface area (Å²) in [5, 5.41) is 0. The normalized spacial score (nSPS) is 12.1. The van der Waals surface area contributed by atoms with E-state index in [0.29, 0.717) is 18.6 Å². The number of carbonyl (C=O) groups is 1. The predicted molar refractivity (Wildman–Crippen MR) is 82.3 cm³/mol. The molecule has 21 heavy (non-hydrogen) atoms. The van der Waals surface area contributed by atoms with Crippen molar-refractivity contribution < 1.29 is 14.3 Å². The van der Waals surface area contributed by atoms with Gasteiger partial charge in [-0.15, -0.1) is 0 Å². The Labute approximate surface area is 125 Å². The first kappa shape index (κ1) is 15.4. The first-order valence-electron chi connectivity index (χ1n) is 7.06. The minimum Gasteiger partial charge on any atom is -0.352 e. The van der Waals surface area contributed by atoms with E-state index in [2.05, 4.69) is 0 Å². The van der Waals surface area contributed by atoms with Gasteiger partial charge in [-0.05, 0) is 12.5 Å². The number of Topliss-reactive ketones (excluding diaryl/α,β-unsaturated/α-hetero) is 1. The van der Waals surface area contributed by atoms with Crippen molar-refractivity contribution in [1.29, 1.82) is 0 Å². The van der Waals surface area contributed by atoms with Crippen LogP contribution in [0.4, 0.5) is 0 Å². The molecule has 2 rings (SSSR count). The van der Waals surface area contributed by atoms with Crippen LogP contribution in [0.5, 0.6) is 0 Å². The molecule has 0 aliphatic carbocycles. The van der Waals surface area contributed by atoms with Gasteiger partial charge in [0.15, 0.2) is 12.1 Å². The quantitative estimate of drug-likeness (QED) is 0.573. The summed E-state index contributed by atoms with van der Waals surface area (Å²) in [6.07, 6.45) is 0.0348. The van der Waals surface area contributed by atoms with Crippen LogP contribution in [0.1, 0.15) is 34.7 Å². The molecule has 0 saturated heterocycles. The Balaban J connectivity index is 2.06. The largest absolute Gasteiger partial charge is 0.352 e. The summed E-state index contributed by atoms with van der Waals surface area (Å²) in [6, 6.07) is 17.2. The summed E-state index contributed by atoms with van der Waals surface area (Å²) >= 11 is 0. The van der Waals surface area contributed by atoms with E-state index in [-0.39, 0.29) is 12.1 Å². The molecule has 0 heterocycles. The lowest BCUT2D eigenvalue weighted by Gasteiger charge is -2.15. The summed E-state index contributed by atoms with van der Waals surface area (Å²) in [6.45, 7) is 2.50. The van der Waals surface area contributed by atoms with Gasteiger partial charge in [0.2, 0.25) is 0 Å². The van der Waals surface area contributed by atoms with Crippen molar-refractivity contribution >= 4 is 5.78 Å². The number of hydrogen-bond donors (Lipinski definition) is 0. The molecule has 0 aliphatic heterocycles. The summed E-state index contributed by atoms with van der Waals surface area (Å²) < 4.78 is 10.7. The fourth-order valence-electron chi connectivity index (χ4n) is 2.16. The molecular weight excluding hydrogens is 264 g/mol. The molecule has 110 valence electrons. The fraction of sp³-hybridized carbons (Fsp3) is 0.278. The highest BCUT2D eigenvalue weighted by Gasteiger charge is 2.12. The fourth-order valence-corrected chi connectivity index (χ4v) is 2.16. The smallest absolute Gasteiger partial charge is 0.183 e. The molecule has 0 radical (unpaired) electrons. The second kappa shape index (κ2) is 7.72. The third-order valence-corrected chi connectivity index (χ3v) is 3.24. The zero-order chi connectivity index (χ0) is 15.1. The Hall–Kier alpha value is -1.97. The number of carbonyl (C=O) groups excluding carboxylic acids is 1. The van der Waals surface area contributed by atoms with Crippen LogP contribution in [0.15, 0.2) is 54.6 Å². The van der Waals surface area contributed by atoms with Crippen molar-refractivity contribution in [2.24, 2.45) is 0 Å². The van der Waals surface area contributed by atoms with Gasteiger partial charge in [0.25, 0.3) is 0 Å². The molecule has 2 aromatic rings. The van der Waals surface area contributed by atoms with E-state index < -0.39 is 0 Å². The monoisotopic (exact) mass is 284 g/mol. The Bertz CT molecular complexity index is 561. The van der Waals surface area contributed by atoms with E-state index in [1.54, 1.807) is 7.11 Å². The Kier molecular flexibility index (Phi) is 5.67. The lowest BCUT2D eigenvalue weighted by atomic mass is 10.0. The molecule has 2 aromatic carbocycles. The van der Waals surface area contributed by atoms with Crippen LogP contribution >= 0.6 is 0 Å². The highest BCUT2D eigenvalue weighted by Crippen LogP contribution is 2.19. The number of hydrogen-bond acceptors (Lipinski definition) is 3. The summed E-state index contributed by atoms with van der Waals surface area (Å²) in [7, 11) is 1.61. The lowest BCUT2D eigenvalue weighted by molar-refractivity contribution is -0.124. The maximum Gasteiger partial charge on any atom is 0.183 e. The van der Waals surface area contributed by atoms with Crippen LogP contribution in [-0.2, 0) is 15.9 Å². The van der Waals surface area contributed by atoms with Crippen molar-refractivity contribution in [3.05, 3.63) is 71.3 Å². The first-order chi connectivity index (χ1) is 10.2. The van der Waals surface area contributed by atoms with Gasteiger partial charge < -0.3 is 9.47 Å². The minimum atomic E-state index is -0.381. The third-order valence-electron chi connectivity index (χ3n) is 3.24. The highest BCUT2D eigenvalue weighted by molar-refractivity contribution is 5.97. The van der Waals surface area contributed by atoms with Crippen LogP contribution in [0.2, 0.25) is 0 Å². The molecule has 0 fully saturated rings. The van der Waals surface area contributed by atoms with Crippen LogP contribution in [-0.4, -0.2) is 19.5 Å². The minimum absolute atomic E-state index is 0.109. The number of rotatable bonds is 7. The number of ketones is 1. The maximum absolute atomic E-state index is 12.2. The molecule has 3 nitrogen and oxygen atoms in total. The van der Waals surface area contributed by atoms with Gasteiger partial charge in [0.05, 0.1) is 0 Å². The van der Waals surface area contributed by atoms with E-state index >= 15 is 0 Å². The van der Waals surface area contributed by atoms with Crippen molar-refractivity contribution in [3.63, 3.8) is 0 Å². The molecule has 3 heteroatoms. The molecule has 0 N–H and O–H groups in total. The molecule has 0 spiro atoms. The number of benzene rings is 2. The van der Waals surface area contributed by atoms with Crippen LogP contribution in [0, 0.1) is 0 Å². The second-order valence-electron chi connectivity index (χ2n) is 4.73. The Morgan fingerprint density at radius 1 is 1.05 bits per heavy atom. The third kappa shape index (κ3) is 4.25. The molecule has 0 amide bonds. The summed E-state index contributed by atoms with van der Waals surface area (Å²) in [4.78, 5) is 12.2. The zero-order valence-corrected chi connectivity index (χ0v) is 12.4. The molecule has 1 atom stereocenters. The van der Waals surface area contributed by atoms with E-state index in [4.69, 9.17) is 9.47 Å². The van der Waals surface area contributed by atoms with Crippen LogP contribution < -0.4 is 0 Å². The average molecular weight is 284 g/mol. The molecule has 0 aliphatic rings. The summed E-state index contributed by atoms with van der Waals surface area (Å²) in [5.74, 6) is 0.109. The topological polar surface area (TPSA) is 35.5 Å². The van der Waals surface area contributed by atoms with Crippen molar-refractivity contribution in [2.75, 3.05) is 13.7 Å². The Morgan fingerprint density at radius 3 is 2.29 bits per heavy atom. The Morgan fingerprint density at radius 2 is 1.71 bits per heavy atom. The zero-order valence-electron chi connectivity index (χ0n) is 12.4. The molecular formula is C18H20O3. The van der Waals surface area contributed by atoms with Crippen molar-refractivity contribution in [2.45, 2.75) is 19.6 Å². The molecule has 0 saturated carbocycles. The lowest BCUT2D eigenvalue weighted by Crippen LogP contribution is -2.08. The van der Waals surface area contributed by atoms with E-state index in [1.807, 2.05) is 61.5 Å². The summed E-state index contributed by atoms with van der Waals surface area (Å²) in [5.41, 5.74) is 2.64. The van der Waals surface area contributed by atoms with Crippen LogP contribution in [0.25, 0.3) is 0 Å². The van der Waals surface area contributed by atoms with Gasteiger partial charge in [-0.1, -0.05) is 54.6 Å². The van der Waals surface area contributed by atoms with Crippen molar-refractivity contribution in [3.8, 4) is 0 Å². The number of methoxy groups -OCH3 is 1.